The van der Waals surface area contributed by atoms with Gasteiger partial charge in [0.2, 0.25) is 0 Å². The molecular weight excluding hydrogens is 283 g/mol. The monoisotopic (exact) mass is 294 g/mol. The Balaban J connectivity index is 2.07. The minimum atomic E-state index is -0.234. The molecule has 1 heterocycles. The minimum Gasteiger partial charge on any atom is -0.366 e. The predicted molar refractivity (Wildman–Crippen MR) is 70.4 cm³/mol. The third-order valence-corrected chi connectivity index (χ3v) is 3.15. The fraction of sp³-hybridized carbons (Fsp3) is 0.154. The first-order chi connectivity index (χ1) is 8.15. The minimum absolute atomic E-state index is 0.234. The molecular formula is C13H12BrFN2. The largest absolute Gasteiger partial charge is 0.366 e. The zero-order valence-corrected chi connectivity index (χ0v) is 11.0. The highest BCUT2D eigenvalue weighted by Crippen LogP contribution is 2.18. The molecule has 1 aromatic heterocycles. The fourth-order valence-corrected chi connectivity index (χ4v) is 1.82. The molecule has 1 N–H and O–H groups in total. The van der Waals surface area contributed by atoms with Gasteiger partial charge in [-0.3, -0.25) is 0 Å². The van der Waals surface area contributed by atoms with Crippen LogP contribution in [-0.2, 0) is 6.54 Å². The Kier molecular flexibility index (Phi) is 3.74. The molecule has 0 aliphatic heterocycles. The quantitative estimate of drug-likeness (QED) is 0.928. The lowest BCUT2D eigenvalue weighted by Gasteiger charge is -2.07. The summed E-state index contributed by atoms with van der Waals surface area (Å²) in [4.78, 5) is 4.23. The Labute approximate surface area is 108 Å². The number of hydrogen-bond acceptors (Lipinski definition) is 2. The molecule has 0 saturated heterocycles. The summed E-state index contributed by atoms with van der Waals surface area (Å²) in [6.45, 7) is 2.52. The smallest absolute Gasteiger partial charge is 0.126 e. The van der Waals surface area contributed by atoms with Gasteiger partial charge in [-0.05, 0) is 42.3 Å². The van der Waals surface area contributed by atoms with E-state index in [0.29, 0.717) is 6.54 Å². The van der Waals surface area contributed by atoms with E-state index in [1.807, 2.05) is 19.1 Å². The summed E-state index contributed by atoms with van der Waals surface area (Å²) in [6, 6.07) is 8.52. The van der Waals surface area contributed by atoms with Crippen LogP contribution in [0.3, 0.4) is 0 Å². The van der Waals surface area contributed by atoms with E-state index in [1.54, 1.807) is 12.3 Å². The van der Waals surface area contributed by atoms with Crippen molar-refractivity contribution in [3.05, 3.63) is 57.9 Å². The van der Waals surface area contributed by atoms with Gasteiger partial charge in [-0.15, -0.1) is 0 Å². The van der Waals surface area contributed by atoms with Crippen LogP contribution in [0.4, 0.5) is 10.2 Å². The van der Waals surface area contributed by atoms with E-state index < -0.39 is 0 Å². The molecule has 88 valence electrons. The van der Waals surface area contributed by atoms with E-state index >= 15 is 0 Å². The number of anilines is 1. The standard InChI is InChI=1S/C13H12BrFN2/c1-9-2-5-13(16-7-9)17-8-10-6-11(15)3-4-12(10)14/h2-7H,8H2,1H3,(H,16,17). The summed E-state index contributed by atoms with van der Waals surface area (Å²) in [5.74, 6) is 0.550. The summed E-state index contributed by atoms with van der Waals surface area (Å²) in [5.41, 5.74) is 1.98. The van der Waals surface area contributed by atoms with E-state index in [1.165, 1.54) is 12.1 Å². The van der Waals surface area contributed by atoms with Gasteiger partial charge in [-0.1, -0.05) is 22.0 Å². The number of nitrogens with zero attached hydrogens (tertiary/aromatic N) is 1. The van der Waals surface area contributed by atoms with Crippen molar-refractivity contribution < 1.29 is 4.39 Å². The molecule has 0 aliphatic rings. The number of hydrogen-bond donors (Lipinski definition) is 1. The van der Waals surface area contributed by atoms with Gasteiger partial charge in [-0.2, -0.15) is 0 Å². The van der Waals surface area contributed by atoms with E-state index in [4.69, 9.17) is 0 Å². The lowest BCUT2D eigenvalue weighted by molar-refractivity contribution is 0.625. The molecule has 2 rings (SSSR count). The Morgan fingerprint density at radius 1 is 1.29 bits per heavy atom. The maximum absolute atomic E-state index is 13.1. The number of aromatic nitrogens is 1. The van der Waals surface area contributed by atoms with Gasteiger partial charge in [0.15, 0.2) is 0 Å². The van der Waals surface area contributed by atoms with Crippen molar-refractivity contribution >= 4 is 21.7 Å². The average molecular weight is 295 g/mol. The summed E-state index contributed by atoms with van der Waals surface area (Å²) < 4.78 is 13.9. The summed E-state index contributed by atoms with van der Waals surface area (Å²) >= 11 is 3.39. The highest BCUT2D eigenvalue weighted by Gasteiger charge is 2.02. The van der Waals surface area contributed by atoms with Crippen molar-refractivity contribution in [1.29, 1.82) is 0 Å². The number of pyridine rings is 1. The molecule has 0 unspecified atom stereocenters. The van der Waals surface area contributed by atoms with Crippen LogP contribution in [0.25, 0.3) is 0 Å². The Bertz CT molecular complexity index is 511. The van der Waals surface area contributed by atoms with Crippen LogP contribution in [0.5, 0.6) is 0 Å². The zero-order valence-electron chi connectivity index (χ0n) is 9.37. The van der Waals surface area contributed by atoms with Crippen molar-refractivity contribution in [3.8, 4) is 0 Å². The van der Waals surface area contributed by atoms with Gasteiger partial charge in [-0.25, -0.2) is 9.37 Å². The molecule has 17 heavy (non-hydrogen) atoms. The summed E-state index contributed by atoms with van der Waals surface area (Å²) in [6.07, 6.45) is 1.79. The topological polar surface area (TPSA) is 24.9 Å². The van der Waals surface area contributed by atoms with E-state index in [-0.39, 0.29) is 5.82 Å². The number of benzene rings is 1. The number of rotatable bonds is 3. The van der Waals surface area contributed by atoms with Gasteiger partial charge in [0.25, 0.3) is 0 Å². The Morgan fingerprint density at radius 2 is 2.12 bits per heavy atom. The van der Waals surface area contributed by atoms with Crippen LogP contribution in [0, 0.1) is 12.7 Å². The molecule has 0 spiro atoms. The molecule has 0 atom stereocenters. The SMILES string of the molecule is Cc1ccc(NCc2cc(F)ccc2Br)nc1. The molecule has 2 nitrogen and oxygen atoms in total. The lowest BCUT2D eigenvalue weighted by Crippen LogP contribution is -2.02. The van der Waals surface area contributed by atoms with Crippen LogP contribution in [0.15, 0.2) is 41.0 Å². The van der Waals surface area contributed by atoms with Crippen LogP contribution in [-0.4, -0.2) is 4.98 Å². The molecule has 2 aromatic rings. The lowest BCUT2D eigenvalue weighted by atomic mass is 10.2. The van der Waals surface area contributed by atoms with Crippen molar-refractivity contribution in [1.82, 2.24) is 4.98 Å². The summed E-state index contributed by atoms with van der Waals surface area (Å²) in [7, 11) is 0. The van der Waals surface area contributed by atoms with E-state index in [9.17, 15) is 4.39 Å². The molecule has 0 aliphatic carbocycles. The molecule has 0 fully saturated rings. The zero-order chi connectivity index (χ0) is 12.3. The average Bonchev–Trinajstić information content (AvgIpc) is 2.32. The molecule has 0 bridgehead atoms. The van der Waals surface area contributed by atoms with Crippen molar-refractivity contribution in [2.45, 2.75) is 13.5 Å². The van der Waals surface area contributed by atoms with E-state index in [0.717, 1.165) is 21.4 Å². The number of halogens is 2. The third-order valence-electron chi connectivity index (χ3n) is 2.38. The Hall–Kier alpha value is -1.42. The first-order valence-electron chi connectivity index (χ1n) is 5.25. The molecule has 0 radical (unpaired) electrons. The van der Waals surface area contributed by atoms with Crippen LogP contribution in [0.1, 0.15) is 11.1 Å². The first-order valence-corrected chi connectivity index (χ1v) is 6.05. The van der Waals surface area contributed by atoms with E-state index in [2.05, 4.69) is 26.2 Å². The summed E-state index contributed by atoms with van der Waals surface area (Å²) in [5, 5.41) is 3.15. The van der Waals surface area contributed by atoms with Gasteiger partial charge >= 0.3 is 0 Å². The van der Waals surface area contributed by atoms with Gasteiger partial charge < -0.3 is 5.32 Å². The normalized spacial score (nSPS) is 10.3. The van der Waals surface area contributed by atoms with Crippen molar-refractivity contribution in [3.63, 3.8) is 0 Å². The predicted octanol–water partition coefficient (Wildman–Crippen LogP) is 3.90. The second kappa shape index (κ2) is 5.27. The van der Waals surface area contributed by atoms with Gasteiger partial charge in [0.05, 0.1) is 0 Å². The molecule has 4 heteroatoms. The molecule has 1 aromatic carbocycles. The number of aryl methyl sites for hydroxylation is 1. The maximum Gasteiger partial charge on any atom is 0.126 e. The maximum atomic E-state index is 13.1. The highest BCUT2D eigenvalue weighted by molar-refractivity contribution is 9.10. The second-order valence-corrected chi connectivity index (χ2v) is 4.66. The van der Waals surface area contributed by atoms with Crippen molar-refractivity contribution in [2.75, 3.05) is 5.32 Å². The van der Waals surface area contributed by atoms with Crippen molar-refractivity contribution in [2.24, 2.45) is 0 Å². The second-order valence-electron chi connectivity index (χ2n) is 3.81. The van der Waals surface area contributed by atoms with Crippen LogP contribution in [0.2, 0.25) is 0 Å². The first kappa shape index (κ1) is 12.0. The fourth-order valence-electron chi connectivity index (χ4n) is 1.44. The Morgan fingerprint density at radius 3 is 2.82 bits per heavy atom. The van der Waals surface area contributed by atoms with Crippen LogP contribution >= 0.6 is 15.9 Å². The molecule has 0 saturated carbocycles. The van der Waals surface area contributed by atoms with Gasteiger partial charge in [0.1, 0.15) is 11.6 Å². The van der Waals surface area contributed by atoms with Crippen LogP contribution < -0.4 is 5.32 Å². The number of nitrogens with one attached hydrogen (secondary N) is 1. The molecule has 0 amide bonds. The highest BCUT2D eigenvalue weighted by atomic mass is 79.9. The van der Waals surface area contributed by atoms with Gasteiger partial charge in [0, 0.05) is 17.2 Å². The third kappa shape index (κ3) is 3.27.